The zero-order valence-electron chi connectivity index (χ0n) is 18.4. The Kier molecular flexibility index (Phi) is 5.86. The molecule has 5 aromatic rings. The molecule has 0 radical (unpaired) electrons. The van der Waals surface area contributed by atoms with Gasteiger partial charge in [0.15, 0.2) is 0 Å². The van der Waals surface area contributed by atoms with Crippen LogP contribution in [0.15, 0.2) is 91.0 Å². The summed E-state index contributed by atoms with van der Waals surface area (Å²) >= 11 is 0. The van der Waals surface area contributed by atoms with E-state index in [0.29, 0.717) is 17.1 Å². The average molecular weight is 475 g/mol. The molecule has 0 aliphatic carbocycles. The minimum Gasteiger partial charge on any atom is -0.486 e. The Morgan fingerprint density at radius 2 is 1.66 bits per heavy atom. The highest BCUT2D eigenvalue weighted by Gasteiger charge is 2.30. The highest BCUT2D eigenvalue weighted by Crippen LogP contribution is 2.30. The number of aromatic nitrogens is 2. The fourth-order valence-electron chi connectivity index (χ4n) is 3.93. The maximum atomic E-state index is 13.0. The average Bonchev–Trinajstić information content (AvgIpc) is 3.19. The van der Waals surface area contributed by atoms with Gasteiger partial charge in [-0.1, -0.05) is 48.5 Å². The molecule has 0 unspecified atom stereocenters. The van der Waals surface area contributed by atoms with Crippen LogP contribution in [0.1, 0.15) is 11.4 Å². The van der Waals surface area contributed by atoms with Crippen LogP contribution in [0.5, 0.6) is 5.75 Å². The summed E-state index contributed by atoms with van der Waals surface area (Å²) in [6.45, 7) is -0.0168. The predicted molar refractivity (Wildman–Crippen MR) is 128 cm³/mol. The quantitative estimate of drug-likeness (QED) is 0.308. The molecular formula is C27H20F3N3O2. The zero-order chi connectivity index (χ0) is 24.4. The number of benzene rings is 4. The number of ether oxygens (including phenoxy) is 1. The van der Waals surface area contributed by atoms with E-state index in [0.717, 1.165) is 28.4 Å². The number of fused-ring (bicyclic) bond motifs is 2. The lowest BCUT2D eigenvalue weighted by molar-refractivity contribution is -0.137. The zero-order valence-corrected chi connectivity index (χ0v) is 18.4. The van der Waals surface area contributed by atoms with E-state index in [1.165, 1.54) is 12.1 Å². The first kappa shape index (κ1) is 22.5. The summed E-state index contributed by atoms with van der Waals surface area (Å²) in [5.41, 5.74) is 0.663. The van der Waals surface area contributed by atoms with Crippen LogP contribution < -0.4 is 10.1 Å². The summed E-state index contributed by atoms with van der Waals surface area (Å²) in [6.07, 6.45) is -4.49. The monoisotopic (exact) mass is 475 g/mol. The van der Waals surface area contributed by atoms with Crippen molar-refractivity contribution in [1.29, 1.82) is 0 Å². The number of rotatable bonds is 6. The van der Waals surface area contributed by atoms with Crippen molar-refractivity contribution in [2.45, 2.75) is 19.3 Å². The number of nitrogens with one attached hydrogen (secondary N) is 1. The Balaban J connectivity index is 1.37. The predicted octanol–water partition coefficient (Wildman–Crippen LogP) is 6.43. The molecule has 0 spiro atoms. The Labute approximate surface area is 198 Å². The lowest BCUT2D eigenvalue weighted by Crippen LogP contribution is -2.21. The van der Waals surface area contributed by atoms with Gasteiger partial charge in [-0.25, -0.2) is 4.98 Å². The summed E-state index contributed by atoms with van der Waals surface area (Å²) in [5, 5.41) is 4.69. The molecule has 0 saturated carbocycles. The number of hydrogen-bond donors (Lipinski definition) is 1. The number of hydrogen-bond acceptors (Lipinski definition) is 3. The fourth-order valence-corrected chi connectivity index (χ4v) is 3.93. The van der Waals surface area contributed by atoms with Crippen molar-refractivity contribution in [1.82, 2.24) is 9.55 Å². The normalized spacial score (nSPS) is 11.6. The third kappa shape index (κ3) is 4.96. The molecule has 35 heavy (non-hydrogen) atoms. The van der Waals surface area contributed by atoms with Gasteiger partial charge in [0.2, 0.25) is 5.91 Å². The van der Waals surface area contributed by atoms with Gasteiger partial charge in [-0.3, -0.25) is 4.79 Å². The van der Waals surface area contributed by atoms with E-state index < -0.39 is 17.6 Å². The van der Waals surface area contributed by atoms with Gasteiger partial charge in [-0.15, -0.1) is 0 Å². The molecule has 0 aliphatic rings. The molecule has 1 heterocycles. The number of nitrogens with zero attached hydrogens (tertiary/aromatic N) is 2. The first-order chi connectivity index (χ1) is 16.9. The van der Waals surface area contributed by atoms with E-state index in [1.54, 1.807) is 4.57 Å². The van der Waals surface area contributed by atoms with Gasteiger partial charge in [-0.2, -0.15) is 13.2 Å². The minimum absolute atomic E-state index is 0.0724. The van der Waals surface area contributed by atoms with Gasteiger partial charge >= 0.3 is 6.18 Å². The first-order valence-corrected chi connectivity index (χ1v) is 10.9. The smallest absolute Gasteiger partial charge is 0.416 e. The Hall–Kier alpha value is -4.33. The largest absolute Gasteiger partial charge is 0.486 e. The summed E-state index contributed by atoms with van der Waals surface area (Å²) in [7, 11) is 0. The second kappa shape index (κ2) is 9.13. The van der Waals surface area contributed by atoms with E-state index in [-0.39, 0.29) is 18.8 Å². The molecule has 4 aromatic carbocycles. The molecule has 5 rings (SSSR count). The number of amides is 1. The maximum absolute atomic E-state index is 13.0. The van der Waals surface area contributed by atoms with Gasteiger partial charge in [0.05, 0.1) is 16.6 Å². The minimum atomic E-state index is -4.49. The molecule has 1 amide bonds. The van der Waals surface area contributed by atoms with Crippen molar-refractivity contribution in [3.05, 3.63) is 102 Å². The fraction of sp³-hybridized carbons (Fsp3) is 0.111. The highest BCUT2D eigenvalue weighted by atomic mass is 19.4. The van der Waals surface area contributed by atoms with Gasteiger partial charge in [-0.05, 0) is 53.2 Å². The number of anilines is 1. The standard InChI is InChI=1S/C27H20F3N3O2/c28-27(29,30)20-8-5-9-21(15-20)31-26(34)16-33-24-11-4-3-10-23(24)32-25(33)17-35-22-13-12-18-6-1-2-7-19(18)14-22/h1-15H,16-17H2,(H,31,34). The van der Waals surface area contributed by atoms with Crippen molar-refractivity contribution in [2.75, 3.05) is 5.32 Å². The molecule has 0 fully saturated rings. The number of imidazole rings is 1. The number of alkyl halides is 3. The third-order valence-electron chi connectivity index (χ3n) is 5.60. The Morgan fingerprint density at radius 1 is 0.886 bits per heavy atom. The summed E-state index contributed by atoms with van der Waals surface area (Å²) in [5.74, 6) is 0.716. The molecular weight excluding hydrogens is 455 g/mol. The second-order valence-electron chi connectivity index (χ2n) is 8.03. The van der Waals surface area contributed by atoms with E-state index in [9.17, 15) is 18.0 Å². The topological polar surface area (TPSA) is 56.2 Å². The van der Waals surface area contributed by atoms with Gasteiger partial charge in [0.25, 0.3) is 0 Å². The van der Waals surface area contributed by atoms with Crippen molar-refractivity contribution in [3.63, 3.8) is 0 Å². The van der Waals surface area contributed by atoms with Crippen LogP contribution in [0, 0.1) is 0 Å². The lowest BCUT2D eigenvalue weighted by Gasteiger charge is -2.13. The van der Waals surface area contributed by atoms with Crippen molar-refractivity contribution in [2.24, 2.45) is 0 Å². The third-order valence-corrected chi connectivity index (χ3v) is 5.60. The van der Waals surface area contributed by atoms with Crippen LogP contribution in [0.2, 0.25) is 0 Å². The van der Waals surface area contributed by atoms with Crippen LogP contribution in [0.4, 0.5) is 18.9 Å². The molecule has 0 bridgehead atoms. The SMILES string of the molecule is O=C(Cn1c(COc2ccc3ccccc3c2)nc2ccccc21)Nc1cccc(C(F)(F)F)c1. The van der Waals surface area contributed by atoms with Crippen LogP contribution >= 0.6 is 0 Å². The van der Waals surface area contributed by atoms with Crippen LogP contribution in [-0.2, 0) is 24.1 Å². The summed E-state index contributed by atoms with van der Waals surface area (Å²) < 4.78 is 46.7. The molecule has 0 atom stereocenters. The van der Waals surface area contributed by atoms with Gasteiger partial charge < -0.3 is 14.6 Å². The van der Waals surface area contributed by atoms with Gasteiger partial charge in [0.1, 0.15) is 24.7 Å². The van der Waals surface area contributed by atoms with Crippen molar-refractivity contribution < 1.29 is 22.7 Å². The number of para-hydroxylation sites is 2. The summed E-state index contributed by atoms with van der Waals surface area (Å²) in [4.78, 5) is 17.4. The molecule has 176 valence electrons. The molecule has 0 aliphatic heterocycles. The lowest BCUT2D eigenvalue weighted by atomic mass is 10.1. The van der Waals surface area contributed by atoms with E-state index in [2.05, 4.69) is 10.3 Å². The highest BCUT2D eigenvalue weighted by molar-refractivity contribution is 5.92. The molecule has 5 nitrogen and oxygen atoms in total. The molecule has 1 N–H and O–H groups in total. The first-order valence-electron chi connectivity index (χ1n) is 10.9. The molecule has 0 saturated heterocycles. The number of carbonyl (C=O) groups is 1. The van der Waals surface area contributed by atoms with E-state index >= 15 is 0 Å². The van der Waals surface area contributed by atoms with Crippen LogP contribution in [-0.4, -0.2) is 15.5 Å². The maximum Gasteiger partial charge on any atom is 0.416 e. The van der Waals surface area contributed by atoms with Crippen LogP contribution in [0.3, 0.4) is 0 Å². The van der Waals surface area contributed by atoms with Crippen molar-refractivity contribution >= 4 is 33.4 Å². The van der Waals surface area contributed by atoms with Crippen molar-refractivity contribution in [3.8, 4) is 5.75 Å². The Bertz CT molecular complexity index is 1530. The van der Waals surface area contributed by atoms with E-state index in [4.69, 9.17) is 4.74 Å². The van der Waals surface area contributed by atoms with Crippen LogP contribution in [0.25, 0.3) is 21.8 Å². The van der Waals surface area contributed by atoms with E-state index in [1.807, 2.05) is 66.7 Å². The van der Waals surface area contributed by atoms with Gasteiger partial charge in [0, 0.05) is 5.69 Å². The Morgan fingerprint density at radius 3 is 2.49 bits per heavy atom. The molecule has 8 heteroatoms. The second-order valence-corrected chi connectivity index (χ2v) is 8.03. The summed E-state index contributed by atoms with van der Waals surface area (Å²) in [6, 6.07) is 25.6. The number of carbonyl (C=O) groups excluding carboxylic acids is 1. The molecule has 1 aromatic heterocycles. The number of halogens is 3.